The highest BCUT2D eigenvalue weighted by atomic mass is 32.2. The highest BCUT2D eigenvalue weighted by Crippen LogP contribution is 2.57. The smallest absolute Gasteiger partial charge is 0.101 e. The van der Waals surface area contributed by atoms with Crippen LogP contribution in [0.2, 0.25) is 0 Å². The van der Waals surface area contributed by atoms with Gasteiger partial charge in [0.15, 0.2) is 0 Å². The molecule has 18 heterocycles. The lowest BCUT2D eigenvalue weighted by Crippen LogP contribution is -1.99. The second-order valence-electron chi connectivity index (χ2n) is 39.1. The van der Waals surface area contributed by atoms with Crippen LogP contribution in [0.1, 0.15) is 302 Å². The minimum absolute atomic E-state index is 0.871. The van der Waals surface area contributed by atoms with Gasteiger partial charge in [-0.3, -0.25) is 0 Å². The fraction of sp³-hybridized carbons (Fsp3) is 0.393. The van der Waals surface area contributed by atoms with Gasteiger partial charge in [-0.2, -0.15) is 0 Å². The summed E-state index contributed by atoms with van der Waals surface area (Å²) < 4.78 is 5.09. The lowest BCUT2D eigenvalue weighted by Gasteiger charge is -2.16. The quantitative estimate of drug-likeness (QED) is 0.0282. The summed E-state index contributed by atoms with van der Waals surface area (Å²) in [4.78, 5) is 63.4. The Morgan fingerprint density at radius 3 is 0.479 bits per heavy atom. The van der Waals surface area contributed by atoms with Crippen molar-refractivity contribution in [1.82, 2.24) is 19.9 Å². The maximum absolute atomic E-state index is 6.50. The van der Waals surface area contributed by atoms with E-state index in [0.717, 1.165) is 125 Å². The zero-order valence-electron chi connectivity index (χ0n) is 83.2. The summed E-state index contributed by atoms with van der Waals surface area (Å²) >= 11 is 31.3. The SMILES string of the molecule is CCCCCCCCc1ccc(-c2ccc(-c3cc4c5nc6c(-c7ccc(-c8ccc(CCCCCCCC)s8)s7)c7nc8c9cc(-c%10ccc(-c%11ccc(CCCCCCCC)s%11)s%10)sc9c9sc(-c%10ccc(-c%11ccc(CCCCCCCC)s%11)s%10)cc9c8nc7c(-c7ccc(-c8ccc(CCCCCCCC)s8)s7)c6nc5c5cc(-c6ccc(-c7ccc(CCCCCCCC)s7)s6)sc5c4s3)s2)s1. The van der Waals surface area contributed by atoms with Crippen LogP contribution in [-0.4, -0.2) is 19.9 Å². The molecule has 0 aliphatic carbocycles. The summed E-state index contributed by atoms with van der Waals surface area (Å²) in [6, 6.07) is 67.7. The number of aromatic nitrogens is 4. The molecule has 3 aromatic carbocycles. The summed E-state index contributed by atoms with van der Waals surface area (Å²) in [7, 11) is 0. The van der Waals surface area contributed by atoms with Crippen LogP contribution in [0.3, 0.4) is 0 Å². The Bertz CT molecular complexity index is 6970. The number of hydrogen-bond acceptors (Lipinski definition) is 20. The van der Waals surface area contributed by atoms with E-state index in [1.54, 1.807) is 0 Å². The van der Waals surface area contributed by atoms with Crippen molar-refractivity contribution in [2.75, 3.05) is 0 Å². The Morgan fingerprint density at radius 1 is 0.141 bits per heavy atom. The van der Waals surface area contributed by atoms with Gasteiger partial charge in [0, 0.05) is 169 Å². The third-order valence-corrected chi connectivity index (χ3v) is 48.5. The molecule has 21 aromatic rings. The van der Waals surface area contributed by atoms with Gasteiger partial charge in [-0.25, -0.2) is 19.9 Å². The second kappa shape index (κ2) is 48.6. The molecule has 0 aliphatic rings. The van der Waals surface area contributed by atoms with E-state index in [0.29, 0.717) is 0 Å². The Labute approximate surface area is 904 Å². The molecule has 0 saturated carbocycles. The first-order valence-electron chi connectivity index (χ1n) is 53.4. The number of aryl methyl sites for hydroxylation is 6. The lowest BCUT2D eigenvalue weighted by molar-refractivity contribution is 0.609. The standard InChI is InChI=1S/C122H130N4S16/c1-7-13-19-25-31-37-43-77-49-55-87(127-77)93-61-65-99(133-93)105-73-83-111-112(84-74-106(140-120(84)119(83)139-105)100-66-62-94(134-100)88-56-50-78(128-88)44-38-32-26-20-14-8-2)124-116-110(104-72-70-98(138-104)92-60-54-82(132-92)48-42-36-30-24-18-12-6)118-117(109(115(116)123-111)103-71-69-97(137-103)91-59-53-81(131-91)47-41-35-29-23-17-11-5)125-113-85-75-107(101-67-63-95(135-101)89-57-51-79(129-89)45-39-33-27-21-15-9-3)141-121(85)122-86(114(113)126-118)76-108(142-122)102-68-64-96(136-102)90-58-52-80(130-90)46-40-34-28-22-16-10-4/h49-76H,7-48H2,1-6H3. The number of fused-ring (bicyclic) bond motifs is 14. The maximum Gasteiger partial charge on any atom is 0.101 e. The number of nitrogens with zero attached hydrogens (tertiary/aromatic N) is 4. The molecule has 0 radical (unpaired) electrons. The highest BCUT2D eigenvalue weighted by molar-refractivity contribution is 7.35. The minimum atomic E-state index is 0.871. The van der Waals surface area contributed by atoms with E-state index in [1.807, 2.05) is 181 Å². The Hall–Kier alpha value is -6.90. The Kier molecular flexibility index (Phi) is 34.6. The van der Waals surface area contributed by atoms with E-state index in [1.165, 1.54) is 377 Å². The van der Waals surface area contributed by atoms with Gasteiger partial charge in [-0.05, 0) is 247 Å². The third-order valence-electron chi connectivity index (χ3n) is 28.3. The predicted molar refractivity (Wildman–Crippen MR) is 651 cm³/mol. The van der Waals surface area contributed by atoms with Gasteiger partial charge in [-0.15, -0.1) is 181 Å². The number of hydrogen-bond donors (Lipinski definition) is 0. The van der Waals surface area contributed by atoms with Gasteiger partial charge in [0.05, 0.1) is 40.9 Å². The van der Waals surface area contributed by atoms with Crippen LogP contribution in [0.4, 0.5) is 0 Å². The highest BCUT2D eigenvalue weighted by Gasteiger charge is 2.31. The molecular weight excluding hydrogens is 2030 g/mol. The first kappa shape index (κ1) is 101. The first-order valence-corrected chi connectivity index (χ1v) is 66.5. The largest absolute Gasteiger partial charge is 0.243 e. The summed E-state index contributed by atoms with van der Waals surface area (Å²) in [5.74, 6) is 0. The van der Waals surface area contributed by atoms with Crippen molar-refractivity contribution in [3.05, 3.63) is 199 Å². The van der Waals surface area contributed by atoms with Gasteiger partial charge >= 0.3 is 0 Å². The number of benzene rings is 3. The van der Waals surface area contributed by atoms with Gasteiger partial charge in [0.1, 0.15) is 22.1 Å². The van der Waals surface area contributed by atoms with Crippen LogP contribution in [0, 0.1) is 0 Å². The summed E-state index contributed by atoms with van der Waals surface area (Å²) in [5.41, 5.74) is 9.24. The molecule has 0 atom stereocenters. The number of thiophene rings is 16. The van der Waals surface area contributed by atoms with Gasteiger partial charge < -0.3 is 0 Å². The summed E-state index contributed by atoms with van der Waals surface area (Å²) in [5, 5.41) is 4.62. The normalized spacial score (nSPS) is 12.2. The van der Waals surface area contributed by atoms with Gasteiger partial charge in [-0.1, -0.05) is 234 Å². The topological polar surface area (TPSA) is 51.6 Å². The van der Waals surface area contributed by atoms with E-state index < -0.39 is 0 Å². The summed E-state index contributed by atoms with van der Waals surface area (Å²) in [6.45, 7) is 13.9. The zero-order valence-corrected chi connectivity index (χ0v) is 96.2. The minimum Gasteiger partial charge on any atom is -0.243 e. The number of rotatable bonds is 54. The van der Waals surface area contributed by atoms with Crippen LogP contribution < -0.4 is 0 Å². The van der Waals surface area contributed by atoms with Crippen LogP contribution in [0.15, 0.2) is 170 Å². The van der Waals surface area contributed by atoms with E-state index >= 15 is 0 Å². The summed E-state index contributed by atoms with van der Waals surface area (Å²) in [6.07, 6.45) is 53.8. The van der Waals surface area contributed by atoms with Crippen molar-refractivity contribution in [3.8, 4) is 118 Å². The van der Waals surface area contributed by atoms with Crippen molar-refractivity contribution in [1.29, 1.82) is 0 Å². The van der Waals surface area contributed by atoms with Crippen molar-refractivity contribution in [2.45, 2.75) is 311 Å². The molecule has 21 rings (SSSR count). The zero-order chi connectivity index (χ0) is 96.2. The molecule has 4 nitrogen and oxygen atoms in total. The van der Waals surface area contributed by atoms with E-state index in [2.05, 4.69) is 211 Å². The molecule has 0 fully saturated rings. The van der Waals surface area contributed by atoms with Crippen molar-refractivity contribution < 1.29 is 0 Å². The van der Waals surface area contributed by atoms with Crippen LogP contribution in [0.25, 0.3) is 203 Å². The lowest BCUT2D eigenvalue weighted by atomic mass is 9.99. The van der Waals surface area contributed by atoms with Crippen LogP contribution in [-0.2, 0) is 38.5 Å². The van der Waals surface area contributed by atoms with Crippen LogP contribution in [0.5, 0.6) is 0 Å². The molecule has 0 amide bonds. The second-order valence-corrected chi connectivity index (χ2v) is 56.8. The van der Waals surface area contributed by atoms with Gasteiger partial charge in [0.2, 0.25) is 0 Å². The fourth-order valence-electron chi connectivity index (χ4n) is 20.4. The predicted octanol–water partition coefficient (Wildman–Crippen LogP) is 46.9. The molecule has 0 saturated heterocycles. The molecule has 142 heavy (non-hydrogen) atoms. The molecule has 0 bridgehead atoms. The Balaban J connectivity index is 0.778. The number of unbranched alkanes of at least 4 members (excludes halogenated alkanes) is 30. The monoisotopic (exact) mass is 2160 g/mol. The molecule has 0 N–H and O–H groups in total. The Morgan fingerprint density at radius 2 is 0.289 bits per heavy atom. The fourth-order valence-corrected chi connectivity index (χ4v) is 38.7. The third kappa shape index (κ3) is 23.1. The molecule has 734 valence electrons. The van der Waals surface area contributed by atoms with Crippen molar-refractivity contribution >= 4 is 266 Å². The van der Waals surface area contributed by atoms with E-state index in [4.69, 9.17) is 19.9 Å². The van der Waals surface area contributed by atoms with Gasteiger partial charge in [0.25, 0.3) is 0 Å². The van der Waals surface area contributed by atoms with E-state index in [9.17, 15) is 0 Å². The van der Waals surface area contributed by atoms with Crippen LogP contribution >= 0.6 is 181 Å². The van der Waals surface area contributed by atoms with Crippen molar-refractivity contribution in [2.24, 2.45) is 0 Å². The average Bonchev–Trinajstić information content (AvgIpc) is 1.40. The molecule has 20 heteroatoms. The average molecular weight is 2170 g/mol. The van der Waals surface area contributed by atoms with Crippen molar-refractivity contribution in [3.63, 3.8) is 0 Å². The molecule has 0 aliphatic heterocycles. The molecular formula is C122H130N4S16. The molecule has 0 spiro atoms. The molecule has 18 aromatic heterocycles. The first-order chi connectivity index (χ1) is 70.1. The maximum atomic E-state index is 6.50. The van der Waals surface area contributed by atoms with E-state index in [-0.39, 0.29) is 0 Å². The molecule has 0 unspecified atom stereocenters.